The molecule has 0 spiro atoms. The van der Waals surface area contributed by atoms with Crippen molar-refractivity contribution in [3.8, 4) is 0 Å². The number of carbonyl (C=O) groups excluding carboxylic acids is 1. The van der Waals surface area contributed by atoms with Gasteiger partial charge in [-0.15, -0.1) is 0 Å². The Morgan fingerprint density at radius 1 is 1.41 bits per heavy atom. The van der Waals surface area contributed by atoms with Crippen LogP contribution in [-0.2, 0) is 9.53 Å². The molecule has 2 aliphatic rings. The lowest BCUT2D eigenvalue weighted by molar-refractivity contribution is -0.124. The minimum Gasteiger partial charge on any atom is -0.385 e. The number of ketones is 1. The fraction of sp³-hybridized carbons (Fsp3) is 0.929. The number of methoxy groups -OCH3 is 1. The first kappa shape index (κ1) is 13.0. The topological polar surface area (TPSA) is 38.3 Å². The second-order valence-corrected chi connectivity index (χ2v) is 5.69. The number of rotatable bonds is 5. The van der Waals surface area contributed by atoms with Crippen molar-refractivity contribution >= 4 is 5.78 Å². The van der Waals surface area contributed by atoms with Gasteiger partial charge in [-0.2, -0.15) is 0 Å². The van der Waals surface area contributed by atoms with Crippen LogP contribution in [0.3, 0.4) is 0 Å². The zero-order chi connectivity index (χ0) is 12.3. The van der Waals surface area contributed by atoms with E-state index in [9.17, 15) is 4.79 Å². The summed E-state index contributed by atoms with van der Waals surface area (Å²) in [5.74, 6) is 1.29. The fourth-order valence-electron chi connectivity index (χ4n) is 3.32. The van der Waals surface area contributed by atoms with Crippen molar-refractivity contribution in [1.82, 2.24) is 5.32 Å². The van der Waals surface area contributed by atoms with Crippen molar-refractivity contribution in [2.75, 3.05) is 13.7 Å². The van der Waals surface area contributed by atoms with E-state index in [-0.39, 0.29) is 12.0 Å². The molecule has 0 aromatic rings. The number of nitrogens with one attached hydrogen (secondary N) is 1. The molecule has 1 heterocycles. The van der Waals surface area contributed by atoms with E-state index < -0.39 is 0 Å². The molecule has 2 fully saturated rings. The van der Waals surface area contributed by atoms with E-state index in [4.69, 9.17) is 4.74 Å². The van der Waals surface area contributed by atoms with Gasteiger partial charge in [-0.3, -0.25) is 4.79 Å². The molecule has 1 saturated carbocycles. The number of ether oxygens (including phenoxy) is 1. The Labute approximate surface area is 104 Å². The van der Waals surface area contributed by atoms with Gasteiger partial charge in [0.1, 0.15) is 0 Å². The van der Waals surface area contributed by atoms with Crippen LogP contribution in [0, 0.1) is 11.8 Å². The molecule has 1 aliphatic carbocycles. The Morgan fingerprint density at radius 3 is 2.88 bits per heavy atom. The van der Waals surface area contributed by atoms with Crippen LogP contribution in [0.1, 0.15) is 45.4 Å². The van der Waals surface area contributed by atoms with Crippen molar-refractivity contribution in [3.05, 3.63) is 0 Å². The average Bonchev–Trinajstić information content (AvgIpc) is 2.78. The van der Waals surface area contributed by atoms with Gasteiger partial charge in [-0.1, -0.05) is 19.8 Å². The van der Waals surface area contributed by atoms with Crippen molar-refractivity contribution in [2.24, 2.45) is 11.8 Å². The molecule has 17 heavy (non-hydrogen) atoms. The number of carbonyl (C=O) groups is 1. The molecular weight excluding hydrogens is 214 g/mol. The normalized spacial score (nSPS) is 34.4. The third kappa shape index (κ3) is 3.08. The average molecular weight is 239 g/mol. The predicted molar refractivity (Wildman–Crippen MR) is 68.0 cm³/mol. The lowest BCUT2D eigenvalue weighted by atomic mass is 9.84. The van der Waals surface area contributed by atoms with E-state index in [1.807, 2.05) is 6.92 Å². The molecule has 2 rings (SSSR count). The highest BCUT2D eigenvalue weighted by Gasteiger charge is 2.38. The van der Waals surface area contributed by atoms with Crippen LogP contribution in [0.15, 0.2) is 0 Å². The van der Waals surface area contributed by atoms with Gasteiger partial charge in [0.2, 0.25) is 0 Å². The predicted octanol–water partition coefficient (Wildman–Crippen LogP) is 2.15. The van der Waals surface area contributed by atoms with Crippen LogP contribution >= 0.6 is 0 Å². The van der Waals surface area contributed by atoms with E-state index in [2.05, 4.69) is 5.32 Å². The molecule has 1 N–H and O–H groups in total. The Balaban J connectivity index is 1.84. The molecule has 0 bridgehead atoms. The molecule has 4 unspecified atom stereocenters. The first-order valence-electron chi connectivity index (χ1n) is 7.01. The van der Waals surface area contributed by atoms with Crippen LogP contribution in [-0.4, -0.2) is 31.6 Å². The highest BCUT2D eigenvalue weighted by atomic mass is 16.5. The van der Waals surface area contributed by atoms with E-state index in [0.717, 1.165) is 18.8 Å². The monoisotopic (exact) mass is 239 g/mol. The molecule has 0 aromatic heterocycles. The minimum absolute atomic E-state index is 0.120. The van der Waals surface area contributed by atoms with Crippen molar-refractivity contribution < 1.29 is 9.53 Å². The quantitative estimate of drug-likeness (QED) is 0.799. The van der Waals surface area contributed by atoms with Gasteiger partial charge in [0.15, 0.2) is 5.78 Å². The Bertz CT molecular complexity index is 253. The Hall–Kier alpha value is -0.410. The molecule has 3 nitrogen and oxygen atoms in total. The largest absolute Gasteiger partial charge is 0.385 e. The van der Waals surface area contributed by atoms with Gasteiger partial charge in [0.05, 0.1) is 6.04 Å². The van der Waals surface area contributed by atoms with E-state index in [1.54, 1.807) is 7.11 Å². The van der Waals surface area contributed by atoms with Crippen molar-refractivity contribution in [1.29, 1.82) is 0 Å². The van der Waals surface area contributed by atoms with Crippen LogP contribution in [0.25, 0.3) is 0 Å². The summed E-state index contributed by atoms with van der Waals surface area (Å²) in [6.45, 7) is 2.72. The van der Waals surface area contributed by atoms with Gasteiger partial charge >= 0.3 is 0 Å². The summed E-state index contributed by atoms with van der Waals surface area (Å²) in [6.07, 6.45) is 7.18. The smallest absolute Gasteiger partial charge is 0.152 e. The van der Waals surface area contributed by atoms with Crippen LogP contribution in [0.2, 0.25) is 0 Å². The molecule has 1 saturated heterocycles. The summed E-state index contributed by atoms with van der Waals surface area (Å²) in [5, 5.41) is 3.56. The maximum atomic E-state index is 12.3. The second kappa shape index (κ2) is 5.96. The lowest BCUT2D eigenvalue weighted by Gasteiger charge is -2.24. The SMILES string of the molecule is COCCC(C)C(=O)C1CC2CCCCC2N1. The van der Waals surface area contributed by atoms with E-state index >= 15 is 0 Å². The summed E-state index contributed by atoms with van der Waals surface area (Å²) in [4.78, 5) is 12.3. The maximum Gasteiger partial charge on any atom is 0.152 e. The van der Waals surface area contributed by atoms with E-state index in [1.165, 1.54) is 25.7 Å². The van der Waals surface area contributed by atoms with Gasteiger partial charge in [0.25, 0.3) is 0 Å². The molecule has 3 heteroatoms. The number of fused-ring (bicyclic) bond motifs is 1. The summed E-state index contributed by atoms with van der Waals surface area (Å²) in [6, 6.07) is 0.738. The van der Waals surface area contributed by atoms with Gasteiger partial charge in [0, 0.05) is 25.7 Å². The molecule has 98 valence electrons. The highest BCUT2D eigenvalue weighted by molar-refractivity contribution is 5.86. The third-order valence-electron chi connectivity index (χ3n) is 4.45. The highest BCUT2D eigenvalue weighted by Crippen LogP contribution is 2.34. The molecule has 0 aromatic carbocycles. The maximum absolute atomic E-state index is 12.3. The van der Waals surface area contributed by atoms with Gasteiger partial charge < -0.3 is 10.1 Å². The zero-order valence-electron chi connectivity index (χ0n) is 11.1. The Kier molecular flexibility index (Phi) is 4.57. The first-order valence-corrected chi connectivity index (χ1v) is 7.01. The van der Waals surface area contributed by atoms with Crippen LogP contribution in [0.4, 0.5) is 0 Å². The Morgan fingerprint density at radius 2 is 2.18 bits per heavy atom. The second-order valence-electron chi connectivity index (χ2n) is 5.69. The summed E-state index contributed by atoms with van der Waals surface area (Å²) >= 11 is 0. The van der Waals surface area contributed by atoms with Gasteiger partial charge in [-0.05, 0) is 31.6 Å². The molecule has 1 aliphatic heterocycles. The molecule has 0 radical (unpaired) electrons. The third-order valence-corrected chi connectivity index (χ3v) is 4.45. The standard InChI is InChI=1S/C14H25NO2/c1-10(7-8-17-2)14(16)13-9-11-5-3-4-6-12(11)15-13/h10-13,15H,3-9H2,1-2H3. The number of Topliss-reactive ketones (excluding diaryl/α,β-unsaturated/α-hetero) is 1. The zero-order valence-corrected chi connectivity index (χ0v) is 11.1. The fourth-order valence-corrected chi connectivity index (χ4v) is 3.32. The molecular formula is C14H25NO2. The molecule has 4 atom stereocenters. The first-order chi connectivity index (χ1) is 8.22. The lowest BCUT2D eigenvalue weighted by Crippen LogP contribution is -2.39. The minimum atomic E-state index is 0.120. The van der Waals surface area contributed by atoms with Gasteiger partial charge in [-0.25, -0.2) is 0 Å². The van der Waals surface area contributed by atoms with Crippen molar-refractivity contribution in [3.63, 3.8) is 0 Å². The van der Waals surface area contributed by atoms with Crippen LogP contribution in [0.5, 0.6) is 0 Å². The van der Waals surface area contributed by atoms with Crippen molar-refractivity contribution in [2.45, 2.75) is 57.5 Å². The summed E-state index contributed by atoms with van der Waals surface area (Å²) < 4.78 is 5.05. The van der Waals surface area contributed by atoms with Crippen LogP contribution < -0.4 is 5.32 Å². The molecule has 0 amide bonds. The number of hydrogen-bond acceptors (Lipinski definition) is 3. The summed E-state index contributed by atoms with van der Waals surface area (Å²) in [7, 11) is 1.69. The van der Waals surface area contributed by atoms with E-state index in [0.29, 0.717) is 18.4 Å². The number of hydrogen-bond donors (Lipinski definition) is 1. The summed E-state index contributed by atoms with van der Waals surface area (Å²) in [5.41, 5.74) is 0.